The van der Waals surface area contributed by atoms with Crippen molar-refractivity contribution in [2.24, 2.45) is 0 Å². The maximum Gasteiger partial charge on any atom is 0 e. The van der Waals surface area contributed by atoms with Gasteiger partial charge in [0.1, 0.15) is 0 Å². The summed E-state index contributed by atoms with van der Waals surface area (Å²) in [5.74, 6) is 0. The summed E-state index contributed by atoms with van der Waals surface area (Å²) in [6.45, 7) is 3.72. The molecule has 0 amide bonds. The van der Waals surface area contributed by atoms with Crippen LogP contribution in [0, 0.1) is 13.1 Å². The Kier molecular flexibility index (Phi) is 10.4. The Morgan fingerprint density at radius 1 is 0.944 bits per heavy atom. The predicted molar refractivity (Wildman–Crippen MR) is 132 cm³/mol. The summed E-state index contributed by atoms with van der Waals surface area (Å²) in [7, 11) is -3.29. The summed E-state index contributed by atoms with van der Waals surface area (Å²) in [4.78, 5) is 2.61. The normalized spacial score (nSPS) is 12.6. The maximum absolute atomic E-state index is 12.1. The van der Waals surface area contributed by atoms with E-state index < -0.39 is 9.84 Å². The van der Waals surface area contributed by atoms with Gasteiger partial charge in [-0.15, -0.1) is 12.1 Å². The molecular weight excluding hydrogens is 887 g/mol. The molecular formula is C27H21N3O2SW2Y-2. The molecule has 179 valence electrons. The van der Waals surface area contributed by atoms with Gasteiger partial charge in [-0.2, -0.15) is 24.6 Å². The summed E-state index contributed by atoms with van der Waals surface area (Å²) in [5.41, 5.74) is 5.94. The van der Waals surface area contributed by atoms with Crippen molar-refractivity contribution in [1.82, 2.24) is 10.2 Å². The van der Waals surface area contributed by atoms with Gasteiger partial charge in [0.2, 0.25) is 0 Å². The van der Waals surface area contributed by atoms with E-state index in [1.807, 2.05) is 72.9 Å². The van der Waals surface area contributed by atoms with Crippen molar-refractivity contribution >= 4 is 23.6 Å². The van der Waals surface area contributed by atoms with E-state index in [9.17, 15) is 8.42 Å². The van der Waals surface area contributed by atoms with Crippen molar-refractivity contribution in [1.29, 1.82) is 0 Å². The number of nitrogens with zero attached hydrogens (tertiary/aromatic N) is 3. The number of aromatic nitrogens is 2. The molecule has 0 fully saturated rings. The van der Waals surface area contributed by atoms with Gasteiger partial charge in [-0.25, -0.2) is 0 Å². The van der Waals surface area contributed by atoms with Crippen LogP contribution in [0.5, 0.6) is 0 Å². The van der Waals surface area contributed by atoms with Gasteiger partial charge < -0.3 is 0 Å². The quantitative estimate of drug-likeness (QED) is 0.292. The Hall–Kier alpha value is -1.42. The van der Waals surface area contributed by atoms with Gasteiger partial charge in [0.15, 0.2) is 0 Å². The molecule has 1 aliphatic rings. The zero-order valence-corrected chi connectivity index (χ0v) is 29.0. The minimum Gasteiger partial charge on any atom is -0.199 e. The third-order valence-electron chi connectivity index (χ3n) is 5.33. The largest absolute Gasteiger partial charge is 0.199 e. The third kappa shape index (κ3) is 6.91. The summed E-state index contributed by atoms with van der Waals surface area (Å²) in [6.07, 6.45) is 6.93. The number of benzene rings is 3. The van der Waals surface area contributed by atoms with Crippen molar-refractivity contribution in [3.63, 3.8) is 0 Å². The van der Waals surface area contributed by atoms with Gasteiger partial charge in [0.05, 0.1) is 0 Å². The van der Waals surface area contributed by atoms with Gasteiger partial charge in [-0.1, -0.05) is 6.07 Å². The van der Waals surface area contributed by atoms with Crippen LogP contribution >= 0.6 is 0 Å². The van der Waals surface area contributed by atoms with Crippen molar-refractivity contribution in [2.75, 3.05) is 11.2 Å². The van der Waals surface area contributed by atoms with E-state index in [-0.39, 0.29) is 32.7 Å². The van der Waals surface area contributed by atoms with Crippen molar-refractivity contribution in [3.05, 3.63) is 115 Å². The number of fused-ring (bicyclic) bond motifs is 1. The molecule has 0 N–H and O–H groups in total. The fraction of sp³-hybridized carbons (Fsp3) is 0.0741. The van der Waals surface area contributed by atoms with E-state index in [1.54, 1.807) is 12.1 Å². The molecule has 0 unspecified atom stereocenters. The minimum atomic E-state index is -3.29. The Morgan fingerprint density at radius 2 is 1.58 bits per heavy atom. The smallest absolute Gasteiger partial charge is 0 e. The van der Waals surface area contributed by atoms with Gasteiger partial charge in [0, 0.05) is 32.7 Å². The van der Waals surface area contributed by atoms with Crippen LogP contribution in [0.3, 0.4) is 0 Å². The van der Waals surface area contributed by atoms with Crippen molar-refractivity contribution in [2.45, 2.75) is 11.3 Å². The number of hydrogen-bond acceptors (Lipinski definition) is 5. The molecule has 1 radical (unpaired) electrons. The maximum atomic E-state index is 12.1. The molecule has 5 nitrogen and oxygen atoms in total. The fourth-order valence-electron chi connectivity index (χ4n) is 3.66. The van der Waals surface area contributed by atoms with Crippen LogP contribution in [0.4, 0.5) is 5.69 Å². The molecule has 0 saturated heterocycles. The molecule has 3 aromatic carbocycles. The topological polar surface area (TPSA) is 63.2 Å². The van der Waals surface area contributed by atoms with Crippen molar-refractivity contribution < 1.29 is 79.8 Å². The fourth-order valence-corrected chi connectivity index (χ4v) is 8.15. The Morgan fingerprint density at radius 3 is 2.19 bits per heavy atom. The van der Waals surface area contributed by atoms with E-state index in [0.717, 1.165) is 38.4 Å². The molecule has 0 aliphatic carbocycles. The first-order valence-electron chi connectivity index (χ1n) is 10.6. The summed E-state index contributed by atoms with van der Waals surface area (Å²) >= 11 is 2.74. The molecule has 0 saturated carbocycles. The Balaban J connectivity index is 0.000000391. The molecule has 1 aliphatic heterocycles. The van der Waals surface area contributed by atoms with E-state index in [0.29, 0.717) is 4.90 Å². The molecule has 0 spiro atoms. The summed E-state index contributed by atoms with van der Waals surface area (Å²) < 4.78 is 26.7. The van der Waals surface area contributed by atoms with Gasteiger partial charge in [0.25, 0.3) is 0 Å². The van der Waals surface area contributed by atoms with Crippen LogP contribution < -0.4 is 4.90 Å². The second-order valence-electron chi connectivity index (χ2n) is 7.87. The van der Waals surface area contributed by atoms with E-state index in [2.05, 4.69) is 28.2 Å². The first-order chi connectivity index (χ1) is 16.8. The van der Waals surface area contributed by atoms with Crippen LogP contribution in [0.25, 0.3) is 11.1 Å². The zero-order chi connectivity index (χ0) is 25.0. The molecule has 9 heteroatoms. The Bertz CT molecular complexity index is 1500. The second kappa shape index (κ2) is 12.9. The number of rotatable bonds is 3. The van der Waals surface area contributed by atoms with Crippen LogP contribution in [-0.4, -0.2) is 32.9 Å². The zero-order valence-electron chi connectivity index (χ0n) is 19.5. The number of anilines is 1. The van der Waals surface area contributed by atoms with Crippen LogP contribution in [0.1, 0.15) is 16.7 Å². The molecule has 4 aromatic rings. The van der Waals surface area contributed by atoms with Crippen LogP contribution in [0.15, 0.2) is 90.0 Å². The average Bonchev–Trinajstić information content (AvgIpc) is 2.85. The van der Waals surface area contributed by atoms with Crippen molar-refractivity contribution in [3.8, 4) is 11.1 Å². The van der Waals surface area contributed by atoms with E-state index >= 15 is 0 Å². The third-order valence-corrected chi connectivity index (χ3v) is 9.05. The molecule has 5 rings (SSSR count). The molecule has 36 heavy (non-hydrogen) atoms. The number of hydrogen-bond donors (Lipinski definition) is 0. The molecule has 0 bridgehead atoms. The minimum absolute atomic E-state index is 0. The molecule has 0 atom stereocenters. The van der Waals surface area contributed by atoms with E-state index in [1.165, 1.54) is 54.5 Å². The standard InChI is InChI=1S/C20H14N3O2S.C7H7.2W.Y/c1-26(24,25)20-5-3-2-4-19(20)15-6-8-18(9-7-15)23-11-10-16-12-21-22-13-17(16)14-23;1-7-5-3-2-4-6-7;;;/h2-9,12H,10H2,1H3;2-6H,1H2;;;/q2*-1;;;. The SMILES string of the molecule is CS(=O)(=O)c1ccccc1-c1ccc(N2[C](=[W])Cc3cnn[c-]c3[C]2=[W])cc1.[CH2-]c1ccccc1.[Y]. The van der Waals surface area contributed by atoms with Crippen LogP contribution in [-0.2, 0) is 87.7 Å². The Labute approximate surface area is 259 Å². The van der Waals surface area contributed by atoms with E-state index in [4.69, 9.17) is 0 Å². The predicted octanol–water partition coefficient (Wildman–Crippen LogP) is 3.98. The summed E-state index contributed by atoms with van der Waals surface area (Å²) in [6, 6.07) is 25.0. The number of sulfone groups is 1. The first kappa shape index (κ1) is 29.1. The average molecular weight is 908 g/mol. The van der Waals surface area contributed by atoms with Crippen LogP contribution in [0.2, 0.25) is 0 Å². The second-order valence-corrected chi connectivity index (χ2v) is 12.9. The molecule has 1 aromatic heterocycles. The summed E-state index contributed by atoms with van der Waals surface area (Å²) in [5, 5.41) is 7.88. The monoisotopic (exact) mass is 908 g/mol. The molecule has 2 heterocycles. The first-order valence-corrected chi connectivity index (χ1v) is 15.4. The van der Waals surface area contributed by atoms with Gasteiger partial charge >= 0.3 is 187 Å². The van der Waals surface area contributed by atoms with Gasteiger partial charge in [-0.3, -0.25) is 0 Å². The van der Waals surface area contributed by atoms with Gasteiger partial charge in [-0.05, 0) is 0 Å².